The van der Waals surface area contributed by atoms with Crippen LogP contribution in [-0.4, -0.2) is 14.8 Å². The minimum atomic E-state index is -0.280. The van der Waals surface area contributed by atoms with Crippen molar-refractivity contribution in [1.82, 2.24) is 14.8 Å². The van der Waals surface area contributed by atoms with Crippen LogP contribution in [0.5, 0.6) is 0 Å². The Balaban J connectivity index is 2.19. The van der Waals surface area contributed by atoms with Gasteiger partial charge < -0.3 is 0 Å². The van der Waals surface area contributed by atoms with Gasteiger partial charge in [-0.2, -0.15) is 0 Å². The zero-order valence-corrected chi connectivity index (χ0v) is 12.2. The van der Waals surface area contributed by atoms with Crippen LogP contribution >= 0.6 is 11.6 Å². The van der Waals surface area contributed by atoms with Gasteiger partial charge in [0.25, 0.3) is 0 Å². The van der Waals surface area contributed by atoms with E-state index in [0.29, 0.717) is 11.6 Å². The quantitative estimate of drug-likeness (QED) is 0.681. The van der Waals surface area contributed by atoms with E-state index in [9.17, 15) is 4.39 Å². The summed E-state index contributed by atoms with van der Waals surface area (Å²) in [6.45, 7) is 2.02. The summed E-state index contributed by atoms with van der Waals surface area (Å²) in [7, 11) is 0. The molecule has 0 aliphatic carbocycles. The van der Waals surface area contributed by atoms with Crippen molar-refractivity contribution < 1.29 is 4.39 Å². The lowest BCUT2D eigenvalue weighted by Crippen LogP contribution is -2.02. The predicted molar refractivity (Wildman–Crippen MR) is 81.0 cm³/mol. The summed E-state index contributed by atoms with van der Waals surface area (Å²) < 4.78 is 15.0. The fourth-order valence-corrected chi connectivity index (χ4v) is 2.40. The lowest BCUT2D eigenvalue weighted by Gasteiger charge is -2.10. The number of alkyl halides is 1. The van der Waals surface area contributed by atoms with Gasteiger partial charge in [-0.1, -0.05) is 12.1 Å². The van der Waals surface area contributed by atoms with Crippen molar-refractivity contribution in [3.8, 4) is 17.1 Å². The van der Waals surface area contributed by atoms with E-state index < -0.39 is 0 Å². The summed E-state index contributed by atoms with van der Waals surface area (Å²) in [5, 5.41) is 8.33. The SMILES string of the molecule is Cc1cccc(-n2c(CCl)nnc2-c2ccc(F)cc2)c1. The molecule has 1 heterocycles. The monoisotopic (exact) mass is 301 g/mol. The van der Waals surface area contributed by atoms with Crippen molar-refractivity contribution in [2.45, 2.75) is 12.8 Å². The number of nitrogens with zero attached hydrogens (tertiary/aromatic N) is 3. The molecule has 0 fully saturated rings. The van der Waals surface area contributed by atoms with Crippen molar-refractivity contribution in [3.63, 3.8) is 0 Å². The van der Waals surface area contributed by atoms with E-state index >= 15 is 0 Å². The molecular formula is C16H13ClFN3. The highest BCUT2D eigenvalue weighted by Gasteiger charge is 2.15. The van der Waals surface area contributed by atoms with Crippen molar-refractivity contribution in [1.29, 1.82) is 0 Å². The third-order valence-electron chi connectivity index (χ3n) is 3.21. The fourth-order valence-electron chi connectivity index (χ4n) is 2.23. The highest BCUT2D eigenvalue weighted by molar-refractivity contribution is 6.16. The van der Waals surface area contributed by atoms with Crippen LogP contribution in [0.1, 0.15) is 11.4 Å². The number of hydrogen-bond acceptors (Lipinski definition) is 2. The maximum atomic E-state index is 13.1. The van der Waals surface area contributed by atoms with Crippen LogP contribution in [-0.2, 0) is 5.88 Å². The van der Waals surface area contributed by atoms with E-state index in [-0.39, 0.29) is 11.7 Å². The summed E-state index contributed by atoms with van der Waals surface area (Å²) in [6.07, 6.45) is 0. The molecule has 0 saturated carbocycles. The molecular weight excluding hydrogens is 289 g/mol. The van der Waals surface area contributed by atoms with Gasteiger partial charge in [-0.05, 0) is 48.9 Å². The summed E-state index contributed by atoms with van der Waals surface area (Å²) in [6, 6.07) is 14.2. The van der Waals surface area contributed by atoms with Crippen molar-refractivity contribution in [2.24, 2.45) is 0 Å². The molecule has 0 radical (unpaired) electrons. The minimum Gasteiger partial charge on any atom is -0.278 e. The Morgan fingerprint density at radius 1 is 1.10 bits per heavy atom. The van der Waals surface area contributed by atoms with Crippen LogP contribution < -0.4 is 0 Å². The van der Waals surface area contributed by atoms with Crippen LogP contribution in [0.15, 0.2) is 48.5 Å². The molecule has 1 aromatic heterocycles. The molecule has 0 N–H and O–H groups in total. The largest absolute Gasteiger partial charge is 0.278 e. The molecule has 3 rings (SSSR count). The van der Waals surface area contributed by atoms with Crippen molar-refractivity contribution >= 4 is 11.6 Å². The lowest BCUT2D eigenvalue weighted by molar-refractivity contribution is 0.628. The lowest BCUT2D eigenvalue weighted by atomic mass is 10.2. The number of aromatic nitrogens is 3. The zero-order valence-electron chi connectivity index (χ0n) is 11.4. The van der Waals surface area contributed by atoms with E-state index in [1.165, 1.54) is 12.1 Å². The first-order chi connectivity index (χ1) is 10.2. The molecule has 0 unspecified atom stereocenters. The van der Waals surface area contributed by atoms with E-state index in [1.807, 2.05) is 35.8 Å². The van der Waals surface area contributed by atoms with Crippen LogP contribution in [0.4, 0.5) is 4.39 Å². The highest BCUT2D eigenvalue weighted by Crippen LogP contribution is 2.24. The van der Waals surface area contributed by atoms with Crippen molar-refractivity contribution in [3.05, 3.63) is 65.7 Å². The van der Waals surface area contributed by atoms with Crippen LogP contribution in [0, 0.1) is 12.7 Å². The Morgan fingerprint density at radius 2 is 1.86 bits per heavy atom. The zero-order chi connectivity index (χ0) is 14.8. The van der Waals surface area contributed by atoms with Gasteiger partial charge in [-0.3, -0.25) is 4.57 Å². The number of hydrogen-bond donors (Lipinski definition) is 0. The molecule has 3 aromatic rings. The molecule has 0 spiro atoms. The van der Waals surface area contributed by atoms with Crippen LogP contribution in [0.25, 0.3) is 17.1 Å². The number of rotatable bonds is 3. The number of aryl methyl sites for hydroxylation is 1. The van der Waals surface area contributed by atoms with E-state index in [1.54, 1.807) is 12.1 Å². The number of halogens is 2. The molecule has 3 nitrogen and oxygen atoms in total. The smallest absolute Gasteiger partial charge is 0.168 e. The first-order valence-corrected chi connectivity index (χ1v) is 7.06. The summed E-state index contributed by atoms with van der Waals surface area (Å²) in [5.41, 5.74) is 2.86. The molecule has 0 aliphatic rings. The fraction of sp³-hybridized carbons (Fsp3) is 0.125. The Kier molecular flexibility index (Phi) is 3.71. The first kappa shape index (κ1) is 13.8. The second-order valence-corrected chi connectivity index (χ2v) is 5.02. The molecule has 21 heavy (non-hydrogen) atoms. The normalized spacial score (nSPS) is 10.8. The van der Waals surface area contributed by atoms with Gasteiger partial charge in [0.1, 0.15) is 5.82 Å². The Labute approximate surface area is 127 Å². The summed E-state index contributed by atoms with van der Waals surface area (Å²) in [5.74, 6) is 1.28. The van der Waals surface area contributed by atoms with Gasteiger partial charge in [0.15, 0.2) is 11.6 Å². The molecule has 0 saturated heterocycles. The second kappa shape index (κ2) is 5.66. The molecule has 5 heteroatoms. The van der Waals surface area contributed by atoms with Gasteiger partial charge in [0.2, 0.25) is 0 Å². The van der Waals surface area contributed by atoms with E-state index in [0.717, 1.165) is 16.8 Å². The predicted octanol–water partition coefficient (Wildman–Crippen LogP) is 4.12. The van der Waals surface area contributed by atoms with E-state index in [2.05, 4.69) is 10.2 Å². The summed E-state index contributed by atoms with van der Waals surface area (Å²) in [4.78, 5) is 0. The summed E-state index contributed by atoms with van der Waals surface area (Å²) >= 11 is 5.96. The third kappa shape index (κ3) is 2.67. The standard InChI is InChI=1S/C16H13ClFN3/c1-11-3-2-4-14(9-11)21-15(10-17)19-20-16(21)12-5-7-13(18)8-6-12/h2-9H,10H2,1H3. The molecule has 106 valence electrons. The van der Waals surface area contributed by atoms with Crippen molar-refractivity contribution in [2.75, 3.05) is 0 Å². The second-order valence-electron chi connectivity index (χ2n) is 4.75. The third-order valence-corrected chi connectivity index (χ3v) is 3.45. The molecule has 0 aliphatic heterocycles. The first-order valence-electron chi connectivity index (χ1n) is 6.52. The topological polar surface area (TPSA) is 30.7 Å². The van der Waals surface area contributed by atoms with Gasteiger partial charge in [0.05, 0.1) is 5.88 Å². The Hall–Kier alpha value is -2.20. The van der Waals surface area contributed by atoms with Gasteiger partial charge in [-0.15, -0.1) is 21.8 Å². The Bertz CT molecular complexity index is 765. The number of benzene rings is 2. The van der Waals surface area contributed by atoms with Gasteiger partial charge >= 0.3 is 0 Å². The Morgan fingerprint density at radius 3 is 2.52 bits per heavy atom. The van der Waals surface area contributed by atoms with E-state index in [4.69, 9.17) is 11.6 Å². The average molecular weight is 302 g/mol. The van der Waals surface area contributed by atoms with Crippen LogP contribution in [0.2, 0.25) is 0 Å². The van der Waals surface area contributed by atoms with Crippen LogP contribution in [0.3, 0.4) is 0 Å². The van der Waals surface area contributed by atoms with Gasteiger partial charge in [-0.25, -0.2) is 4.39 Å². The maximum absolute atomic E-state index is 13.1. The maximum Gasteiger partial charge on any atom is 0.168 e. The highest BCUT2D eigenvalue weighted by atomic mass is 35.5. The molecule has 0 atom stereocenters. The molecule has 0 amide bonds. The minimum absolute atomic E-state index is 0.252. The molecule has 2 aromatic carbocycles. The average Bonchev–Trinajstić information content (AvgIpc) is 2.92. The van der Waals surface area contributed by atoms with Gasteiger partial charge in [0, 0.05) is 11.3 Å². The molecule has 0 bridgehead atoms.